The largest absolute Gasteiger partial charge is 0.332 e. The van der Waals surface area contributed by atoms with Gasteiger partial charge in [0.25, 0.3) is 5.89 Å². The molecule has 0 saturated carbocycles. The highest BCUT2D eigenvalue weighted by molar-refractivity contribution is 7.98. The normalized spacial score (nSPS) is 10.9. The SMILES string of the molecule is CSc1cccc(-n2ccc(=O)c(-c3nc(-c4cccc(F)c4)no3)n2)c1. The van der Waals surface area contributed by atoms with Crippen molar-refractivity contribution in [3.63, 3.8) is 0 Å². The van der Waals surface area contributed by atoms with Gasteiger partial charge < -0.3 is 4.52 Å². The Labute approximate surface area is 157 Å². The Balaban J connectivity index is 1.75. The van der Waals surface area contributed by atoms with Gasteiger partial charge in [-0.3, -0.25) is 4.79 Å². The highest BCUT2D eigenvalue weighted by atomic mass is 32.2. The topological polar surface area (TPSA) is 73.8 Å². The van der Waals surface area contributed by atoms with Crippen LogP contribution >= 0.6 is 11.8 Å². The van der Waals surface area contributed by atoms with E-state index in [-0.39, 0.29) is 22.8 Å². The van der Waals surface area contributed by atoms with Gasteiger partial charge in [-0.05, 0) is 36.6 Å². The summed E-state index contributed by atoms with van der Waals surface area (Å²) in [7, 11) is 0. The number of thioether (sulfide) groups is 1. The average Bonchev–Trinajstić information content (AvgIpc) is 3.18. The first-order valence-corrected chi connectivity index (χ1v) is 9.21. The summed E-state index contributed by atoms with van der Waals surface area (Å²) in [5, 5.41) is 8.17. The number of hydrogen-bond donors (Lipinski definition) is 0. The molecule has 0 unspecified atom stereocenters. The molecule has 4 aromatic rings. The van der Waals surface area contributed by atoms with Gasteiger partial charge in [-0.25, -0.2) is 9.07 Å². The Kier molecular flexibility index (Phi) is 4.55. The third kappa shape index (κ3) is 3.52. The Hall–Kier alpha value is -3.26. The highest BCUT2D eigenvalue weighted by Crippen LogP contribution is 2.21. The third-order valence-electron chi connectivity index (χ3n) is 3.84. The van der Waals surface area contributed by atoms with Gasteiger partial charge in [-0.1, -0.05) is 23.4 Å². The van der Waals surface area contributed by atoms with Crippen molar-refractivity contribution in [2.24, 2.45) is 0 Å². The van der Waals surface area contributed by atoms with E-state index in [1.165, 1.54) is 18.2 Å². The van der Waals surface area contributed by atoms with Crippen molar-refractivity contribution in [1.82, 2.24) is 19.9 Å². The molecule has 0 aliphatic rings. The van der Waals surface area contributed by atoms with Gasteiger partial charge in [0.05, 0.1) is 5.69 Å². The molecule has 0 aliphatic carbocycles. The molecule has 8 heteroatoms. The quantitative estimate of drug-likeness (QED) is 0.501. The molecule has 0 atom stereocenters. The molecule has 27 heavy (non-hydrogen) atoms. The van der Waals surface area contributed by atoms with Crippen molar-refractivity contribution in [3.8, 4) is 28.7 Å². The van der Waals surface area contributed by atoms with Gasteiger partial charge in [-0.15, -0.1) is 11.8 Å². The van der Waals surface area contributed by atoms with Crippen LogP contribution in [0.5, 0.6) is 0 Å². The van der Waals surface area contributed by atoms with E-state index in [0.29, 0.717) is 5.56 Å². The number of halogens is 1. The molecule has 0 radical (unpaired) electrons. The zero-order valence-corrected chi connectivity index (χ0v) is 15.0. The van der Waals surface area contributed by atoms with Gasteiger partial charge in [0.1, 0.15) is 5.82 Å². The summed E-state index contributed by atoms with van der Waals surface area (Å²) < 4.78 is 20.2. The van der Waals surface area contributed by atoms with Crippen molar-refractivity contribution in [3.05, 3.63) is 76.8 Å². The van der Waals surface area contributed by atoms with Crippen molar-refractivity contribution in [2.45, 2.75) is 4.90 Å². The fraction of sp³-hybridized carbons (Fsp3) is 0.0526. The van der Waals surface area contributed by atoms with Gasteiger partial charge >= 0.3 is 0 Å². The molecule has 2 heterocycles. The minimum absolute atomic E-state index is 0.0189. The summed E-state index contributed by atoms with van der Waals surface area (Å²) in [6.45, 7) is 0. The van der Waals surface area contributed by atoms with Crippen LogP contribution in [0.3, 0.4) is 0 Å². The maximum absolute atomic E-state index is 13.4. The number of rotatable bonds is 4. The number of hydrogen-bond acceptors (Lipinski definition) is 6. The second kappa shape index (κ2) is 7.16. The second-order valence-corrected chi connectivity index (χ2v) is 6.49. The molecule has 0 aliphatic heterocycles. The third-order valence-corrected chi connectivity index (χ3v) is 4.56. The average molecular weight is 380 g/mol. The Bertz CT molecular complexity index is 1170. The number of aromatic nitrogens is 4. The van der Waals surface area contributed by atoms with E-state index in [2.05, 4.69) is 15.2 Å². The standard InChI is InChI=1S/C19H13FN4O2S/c1-27-15-7-3-6-14(11-15)24-9-8-16(25)17(22-24)19-21-18(23-26-19)12-4-2-5-13(20)10-12/h2-11H,1H3. The first-order chi connectivity index (χ1) is 13.1. The molecule has 0 spiro atoms. The minimum atomic E-state index is -0.410. The van der Waals surface area contributed by atoms with Gasteiger partial charge in [0.2, 0.25) is 11.3 Å². The van der Waals surface area contributed by atoms with E-state index in [4.69, 9.17) is 4.52 Å². The zero-order chi connectivity index (χ0) is 18.8. The molecule has 134 valence electrons. The van der Waals surface area contributed by atoms with Crippen LogP contribution in [-0.2, 0) is 0 Å². The van der Waals surface area contributed by atoms with Crippen LogP contribution in [0.25, 0.3) is 28.7 Å². The van der Waals surface area contributed by atoms with Crippen LogP contribution in [0.1, 0.15) is 0 Å². The molecule has 2 aromatic heterocycles. The van der Waals surface area contributed by atoms with Crippen molar-refractivity contribution in [2.75, 3.05) is 6.26 Å². The van der Waals surface area contributed by atoms with Gasteiger partial charge in [0.15, 0.2) is 5.69 Å². The van der Waals surface area contributed by atoms with E-state index in [0.717, 1.165) is 10.6 Å². The zero-order valence-electron chi connectivity index (χ0n) is 14.2. The molecule has 0 bridgehead atoms. The van der Waals surface area contributed by atoms with E-state index in [1.54, 1.807) is 34.8 Å². The second-order valence-electron chi connectivity index (χ2n) is 5.61. The summed E-state index contributed by atoms with van der Waals surface area (Å²) in [5.74, 6) is -0.243. The first kappa shape index (κ1) is 17.2. The van der Waals surface area contributed by atoms with Crippen molar-refractivity contribution in [1.29, 1.82) is 0 Å². The van der Waals surface area contributed by atoms with E-state index >= 15 is 0 Å². The monoisotopic (exact) mass is 380 g/mol. The fourth-order valence-corrected chi connectivity index (χ4v) is 2.97. The minimum Gasteiger partial charge on any atom is -0.332 e. The highest BCUT2D eigenvalue weighted by Gasteiger charge is 2.16. The summed E-state index contributed by atoms with van der Waals surface area (Å²) in [6.07, 6.45) is 3.56. The molecule has 0 fully saturated rings. The van der Waals surface area contributed by atoms with E-state index in [9.17, 15) is 9.18 Å². The van der Waals surface area contributed by atoms with Gasteiger partial charge in [0, 0.05) is 22.7 Å². The summed E-state index contributed by atoms with van der Waals surface area (Å²) >= 11 is 1.61. The first-order valence-electron chi connectivity index (χ1n) is 7.98. The molecule has 0 N–H and O–H groups in total. The summed E-state index contributed by atoms with van der Waals surface area (Å²) in [4.78, 5) is 17.5. The van der Waals surface area contributed by atoms with Crippen LogP contribution in [0.2, 0.25) is 0 Å². The Morgan fingerprint density at radius 1 is 1.11 bits per heavy atom. The van der Waals surface area contributed by atoms with Crippen LogP contribution in [0, 0.1) is 5.82 Å². The van der Waals surface area contributed by atoms with E-state index in [1.807, 2.05) is 30.5 Å². The number of benzene rings is 2. The molecule has 6 nitrogen and oxygen atoms in total. The Morgan fingerprint density at radius 2 is 1.96 bits per heavy atom. The molecule has 0 saturated heterocycles. The molecule has 4 rings (SSSR count). The lowest BCUT2D eigenvalue weighted by Gasteiger charge is -2.07. The maximum Gasteiger partial charge on any atom is 0.282 e. The van der Waals surface area contributed by atoms with Crippen LogP contribution in [0.4, 0.5) is 4.39 Å². The molecular weight excluding hydrogens is 367 g/mol. The number of nitrogens with zero attached hydrogens (tertiary/aromatic N) is 4. The maximum atomic E-state index is 13.4. The molecule has 0 amide bonds. The van der Waals surface area contributed by atoms with Crippen LogP contribution in [0.15, 0.2) is 75.0 Å². The lowest BCUT2D eigenvalue weighted by Crippen LogP contribution is -2.12. The summed E-state index contributed by atoms with van der Waals surface area (Å²) in [6, 6.07) is 14.9. The smallest absolute Gasteiger partial charge is 0.282 e. The lowest BCUT2D eigenvalue weighted by molar-refractivity contribution is 0.429. The summed E-state index contributed by atoms with van der Waals surface area (Å²) in [5.41, 5.74) is 0.936. The molecular formula is C19H13FN4O2S. The van der Waals surface area contributed by atoms with Gasteiger partial charge in [-0.2, -0.15) is 10.1 Å². The van der Waals surface area contributed by atoms with Crippen LogP contribution in [-0.4, -0.2) is 26.2 Å². The van der Waals surface area contributed by atoms with E-state index < -0.39 is 5.82 Å². The lowest BCUT2D eigenvalue weighted by atomic mass is 10.2. The van der Waals surface area contributed by atoms with Crippen molar-refractivity contribution >= 4 is 11.8 Å². The molecule has 2 aromatic carbocycles. The Morgan fingerprint density at radius 3 is 2.78 bits per heavy atom. The van der Waals surface area contributed by atoms with Crippen LogP contribution < -0.4 is 5.43 Å². The predicted octanol–water partition coefficient (Wildman–Crippen LogP) is 3.81. The van der Waals surface area contributed by atoms with Crippen molar-refractivity contribution < 1.29 is 8.91 Å². The predicted molar refractivity (Wildman–Crippen MR) is 100 cm³/mol. The fourth-order valence-electron chi connectivity index (χ4n) is 2.52.